The molecule has 2 aliphatic rings. The number of carbonyl (C=O) groups excluding carboxylic acids is 3. The number of hydrogen-bond acceptors (Lipinski definition) is 10. The predicted octanol–water partition coefficient (Wildman–Crippen LogP) is 0.331. The van der Waals surface area contributed by atoms with Gasteiger partial charge in [0.1, 0.15) is 23.7 Å². The van der Waals surface area contributed by atoms with E-state index < -0.39 is 53.0 Å². The molecule has 13 nitrogen and oxygen atoms in total. The van der Waals surface area contributed by atoms with Crippen LogP contribution in [0.15, 0.2) is 51.9 Å². The number of carboxylic acid groups (broad SMARTS) is 2. The first-order valence-corrected chi connectivity index (χ1v) is 11.2. The number of oxime groups is 1. The number of β-lactam (4-membered cyclic amide) rings is 1. The highest BCUT2D eigenvalue weighted by atomic mass is 32.2. The van der Waals surface area contributed by atoms with E-state index in [-0.39, 0.29) is 35.8 Å². The zero-order valence-corrected chi connectivity index (χ0v) is 19.1. The fourth-order valence-corrected chi connectivity index (χ4v) is 4.59. The van der Waals surface area contributed by atoms with E-state index in [4.69, 9.17) is 14.0 Å². The normalized spacial score (nSPS) is 20.3. The molecule has 3 atom stereocenters. The Kier molecular flexibility index (Phi) is 7.96. The van der Waals surface area contributed by atoms with Crippen molar-refractivity contribution in [3.63, 3.8) is 0 Å². The van der Waals surface area contributed by atoms with Crippen molar-refractivity contribution in [1.82, 2.24) is 10.2 Å². The lowest BCUT2D eigenvalue weighted by atomic mass is 10.0. The van der Waals surface area contributed by atoms with Crippen LogP contribution in [-0.2, 0) is 33.5 Å². The Bertz CT molecular complexity index is 1110. The summed E-state index contributed by atoms with van der Waals surface area (Å²) in [5.41, 5.74) is -0.468. The first-order valence-electron chi connectivity index (χ1n) is 10.1. The van der Waals surface area contributed by atoms with Gasteiger partial charge in [-0.25, -0.2) is 9.59 Å². The fraction of sp³-hybridized carbons (Fsp3) is 0.333. The molecule has 0 spiro atoms. The van der Waals surface area contributed by atoms with Gasteiger partial charge in [-0.3, -0.25) is 19.3 Å². The number of carboxylic acids is 2. The van der Waals surface area contributed by atoms with Crippen LogP contribution in [0.25, 0.3) is 0 Å². The molecule has 2 aliphatic heterocycles. The Hall–Kier alpha value is -4.07. The molecule has 1 fully saturated rings. The molecule has 3 heterocycles. The highest BCUT2D eigenvalue weighted by molar-refractivity contribution is 8.00. The van der Waals surface area contributed by atoms with Crippen LogP contribution in [0.5, 0.6) is 0 Å². The van der Waals surface area contributed by atoms with Crippen LogP contribution in [0.1, 0.15) is 19.1 Å². The summed E-state index contributed by atoms with van der Waals surface area (Å²) in [5.74, 6) is -4.77. The number of rotatable bonds is 11. The van der Waals surface area contributed by atoms with E-state index in [1.807, 2.05) is 0 Å². The minimum Gasteiger partial charge on any atom is -0.478 e. The molecule has 0 saturated carbocycles. The topological polar surface area (TPSA) is 185 Å². The van der Waals surface area contributed by atoms with Gasteiger partial charge in [-0.2, -0.15) is 0 Å². The van der Waals surface area contributed by atoms with Crippen molar-refractivity contribution in [2.75, 3.05) is 12.4 Å². The third-order valence-corrected chi connectivity index (χ3v) is 6.22. The van der Waals surface area contributed by atoms with E-state index in [0.717, 1.165) is 4.90 Å². The molecular formula is C21H21N3O10S. The molecule has 1 saturated heterocycles. The van der Waals surface area contributed by atoms with Gasteiger partial charge in [-0.1, -0.05) is 11.2 Å². The summed E-state index contributed by atoms with van der Waals surface area (Å²) in [6.07, 6.45) is 1.09. The van der Waals surface area contributed by atoms with Crippen LogP contribution in [0.3, 0.4) is 0 Å². The average Bonchev–Trinajstić information content (AvgIpc) is 3.34. The molecular weight excluding hydrogens is 486 g/mol. The van der Waals surface area contributed by atoms with Gasteiger partial charge in [-0.05, 0) is 12.1 Å². The number of aliphatic carboxylic acids is 2. The summed E-state index contributed by atoms with van der Waals surface area (Å²) < 4.78 is 10.1. The van der Waals surface area contributed by atoms with Crippen molar-refractivity contribution in [3.05, 3.63) is 48.1 Å². The van der Waals surface area contributed by atoms with Crippen molar-refractivity contribution in [2.24, 2.45) is 5.16 Å². The van der Waals surface area contributed by atoms with Crippen LogP contribution >= 0.6 is 11.8 Å². The number of nitrogens with one attached hydrogen (secondary N) is 1. The lowest BCUT2D eigenvalue weighted by Gasteiger charge is -2.49. The molecule has 2 amide bonds. The Balaban J connectivity index is 1.79. The Morgan fingerprint density at radius 2 is 2.14 bits per heavy atom. The van der Waals surface area contributed by atoms with Gasteiger partial charge in [0.25, 0.3) is 11.8 Å². The van der Waals surface area contributed by atoms with Gasteiger partial charge in [0.05, 0.1) is 6.26 Å². The lowest BCUT2D eigenvalue weighted by Crippen LogP contribution is -2.71. The van der Waals surface area contributed by atoms with E-state index >= 15 is 0 Å². The molecule has 1 unspecified atom stereocenters. The Morgan fingerprint density at radius 1 is 1.40 bits per heavy atom. The maximum absolute atomic E-state index is 12.9. The van der Waals surface area contributed by atoms with E-state index in [2.05, 4.69) is 17.1 Å². The predicted molar refractivity (Wildman–Crippen MR) is 119 cm³/mol. The van der Waals surface area contributed by atoms with E-state index in [9.17, 15) is 34.2 Å². The second-order valence-electron chi connectivity index (χ2n) is 7.27. The van der Waals surface area contributed by atoms with Gasteiger partial charge in [0, 0.05) is 24.7 Å². The van der Waals surface area contributed by atoms with E-state index in [0.29, 0.717) is 0 Å². The van der Waals surface area contributed by atoms with E-state index in [1.54, 1.807) is 0 Å². The van der Waals surface area contributed by atoms with Crippen molar-refractivity contribution in [1.29, 1.82) is 0 Å². The SMILES string of the molecule is C=CCC(ON=C(C(=O)N[C@@H]1C(=O)N2C(C(=O)O)=C(COC(C)=O)CS[C@H]12)c1ccco1)C(=O)O. The number of esters is 1. The third kappa shape index (κ3) is 5.54. The van der Waals surface area contributed by atoms with Gasteiger partial charge >= 0.3 is 17.9 Å². The molecule has 3 rings (SSSR count). The number of furan rings is 1. The van der Waals surface area contributed by atoms with Crippen LogP contribution in [0.2, 0.25) is 0 Å². The fourth-order valence-electron chi connectivity index (χ4n) is 3.26. The van der Waals surface area contributed by atoms with Gasteiger partial charge < -0.3 is 29.5 Å². The molecule has 0 aromatic carbocycles. The zero-order valence-electron chi connectivity index (χ0n) is 18.3. The lowest BCUT2D eigenvalue weighted by molar-refractivity contribution is -0.150. The summed E-state index contributed by atoms with van der Waals surface area (Å²) in [4.78, 5) is 65.9. The number of carbonyl (C=O) groups is 5. The second-order valence-corrected chi connectivity index (χ2v) is 8.38. The number of amides is 2. The van der Waals surface area contributed by atoms with Gasteiger partial charge in [-0.15, -0.1) is 18.3 Å². The second kappa shape index (κ2) is 10.9. The van der Waals surface area contributed by atoms with E-state index in [1.165, 1.54) is 43.2 Å². The summed E-state index contributed by atoms with van der Waals surface area (Å²) in [7, 11) is 0. The standard InChI is InChI=1S/C21H21N3O10S/c1-3-5-13(20(28)29)34-23-14(12-6-4-7-32-12)17(26)22-15-18(27)24-16(21(30)31)11(8-33-10(2)25)9-35-19(15)24/h3-4,6-7,13,15,19H,1,5,8-9H2,2H3,(H,22,26)(H,28,29)(H,30,31)/t13?,15-,19-/m1/s1. The highest BCUT2D eigenvalue weighted by Crippen LogP contribution is 2.40. The minimum atomic E-state index is -1.40. The highest BCUT2D eigenvalue weighted by Gasteiger charge is 2.54. The Labute approximate surface area is 202 Å². The smallest absolute Gasteiger partial charge is 0.352 e. The Morgan fingerprint density at radius 3 is 2.71 bits per heavy atom. The van der Waals surface area contributed by atoms with Crippen molar-refractivity contribution < 1.29 is 48.2 Å². The van der Waals surface area contributed by atoms with Crippen LogP contribution in [-0.4, -0.2) is 80.4 Å². The van der Waals surface area contributed by atoms with Gasteiger partial charge in [0.15, 0.2) is 5.76 Å². The molecule has 14 heteroatoms. The van der Waals surface area contributed by atoms with Crippen molar-refractivity contribution >= 4 is 47.2 Å². The third-order valence-electron chi connectivity index (χ3n) is 4.88. The molecule has 3 N–H and O–H groups in total. The zero-order chi connectivity index (χ0) is 25.7. The minimum absolute atomic E-state index is 0.0417. The molecule has 1 aromatic heterocycles. The van der Waals surface area contributed by atoms with Crippen LogP contribution in [0, 0.1) is 0 Å². The summed E-state index contributed by atoms with van der Waals surface area (Å²) in [5, 5.41) is 24.2. The number of hydrogen-bond donors (Lipinski definition) is 3. The quantitative estimate of drug-likeness (QED) is 0.123. The number of thioether (sulfide) groups is 1. The van der Waals surface area contributed by atoms with Gasteiger partial charge in [0.2, 0.25) is 11.8 Å². The summed E-state index contributed by atoms with van der Waals surface area (Å²) in [6, 6.07) is 1.76. The molecule has 0 aliphatic carbocycles. The monoisotopic (exact) mass is 507 g/mol. The maximum Gasteiger partial charge on any atom is 0.352 e. The first kappa shape index (κ1) is 25.6. The largest absolute Gasteiger partial charge is 0.478 e. The number of ether oxygens (including phenoxy) is 1. The molecule has 0 bridgehead atoms. The number of fused-ring (bicyclic) bond motifs is 1. The van der Waals surface area contributed by atoms with Crippen molar-refractivity contribution in [2.45, 2.75) is 30.9 Å². The van der Waals surface area contributed by atoms with Crippen LogP contribution in [0.4, 0.5) is 0 Å². The summed E-state index contributed by atoms with van der Waals surface area (Å²) >= 11 is 1.18. The van der Waals surface area contributed by atoms with Crippen LogP contribution < -0.4 is 5.32 Å². The number of nitrogens with zero attached hydrogens (tertiary/aromatic N) is 2. The molecule has 1 aromatic rings. The molecule has 0 radical (unpaired) electrons. The molecule has 186 valence electrons. The molecule has 35 heavy (non-hydrogen) atoms. The maximum atomic E-state index is 12.9. The summed E-state index contributed by atoms with van der Waals surface area (Å²) in [6.45, 7) is 4.34. The van der Waals surface area contributed by atoms with Crippen molar-refractivity contribution in [3.8, 4) is 0 Å². The average molecular weight is 507 g/mol. The first-order chi connectivity index (χ1) is 16.6.